The predicted molar refractivity (Wildman–Crippen MR) is 66.7 cm³/mol. The van der Waals surface area contributed by atoms with Gasteiger partial charge in [-0.2, -0.15) is 0 Å². The molecule has 1 aliphatic heterocycles. The van der Waals surface area contributed by atoms with E-state index in [1.165, 1.54) is 23.8 Å². The molecule has 0 amide bonds. The molecule has 0 saturated carbocycles. The van der Waals surface area contributed by atoms with Crippen molar-refractivity contribution < 1.29 is 14.9 Å². The van der Waals surface area contributed by atoms with Crippen LogP contribution in [0.1, 0.15) is 26.5 Å². The summed E-state index contributed by atoms with van der Waals surface area (Å²) in [5, 5.41) is 20.3. The van der Waals surface area contributed by atoms with Crippen LogP contribution in [-0.2, 0) is 4.74 Å². The Bertz CT molecular complexity index is 550. The monoisotopic (exact) mass is 272 g/mol. The van der Waals surface area contributed by atoms with Crippen LogP contribution in [-0.4, -0.2) is 37.6 Å². The SMILES string of the molecule is CCC1OC(n2ccc(=O)[nH]c2=S)C(C)(O)C1O. The lowest BCUT2D eigenvalue weighted by Gasteiger charge is -2.27. The van der Waals surface area contributed by atoms with Gasteiger partial charge in [-0.3, -0.25) is 14.3 Å². The zero-order chi connectivity index (χ0) is 13.5. The minimum Gasteiger partial charge on any atom is -0.387 e. The van der Waals surface area contributed by atoms with Gasteiger partial charge in [0.15, 0.2) is 11.0 Å². The molecule has 2 heterocycles. The Morgan fingerprint density at radius 2 is 2.33 bits per heavy atom. The fraction of sp³-hybridized carbons (Fsp3) is 0.636. The third-order valence-electron chi connectivity index (χ3n) is 3.26. The number of H-pyrrole nitrogens is 1. The van der Waals surface area contributed by atoms with E-state index in [0.29, 0.717) is 6.42 Å². The quantitative estimate of drug-likeness (QED) is 0.675. The molecule has 6 nitrogen and oxygen atoms in total. The Hall–Kier alpha value is -1.02. The Morgan fingerprint density at radius 1 is 1.67 bits per heavy atom. The van der Waals surface area contributed by atoms with E-state index in [1.807, 2.05) is 6.92 Å². The summed E-state index contributed by atoms with van der Waals surface area (Å²) < 4.78 is 7.21. The molecule has 0 spiro atoms. The molecule has 1 saturated heterocycles. The Labute approximate surface area is 109 Å². The number of aromatic nitrogens is 2. The van der Waals surface area contributed by atoms with Gasteiger partial charge in [0.05, 0.1) is 6.10 Å². The van der Waals surface area contributed by atoms with Gasteiger partial charge in [0.1, 0.15) is 11.7 Å². The second-order valence-corrected chi connectivity index (χ2v) is 5.01. The van der Waals surface area contributed by atoms with E-state index in [4.69, 9.17) is 17.0 Å². The first-order chi connectivity index (χ1) is 8.37. The molecule has 100 valence electrons. The second kappa shape index (κ2) is 4.58. The fourth-order valence-corrected chi connectivity index (χ4v) is 2.44. The second-order valence-electron chi connectivity index (χ2n) is 4.62. The molecule has 4 atom stereocenters. The summed E-state index contributed by atoms with van der Waals surface area (Å²) >= 11 is 5.03. The van der Waals surface area contributed by atoms with E-state index < -0.39 is 24.0 Å². The first-order valence-electron chi connectivity index (χ1n) is 5.75. The number of nitrogens with zero attached hydrogens (tertiary/aromatic N) is 1. The normalized spacial score (nSPS) is 35.9. The summed E-state index contributed by atoms with van der Waals surface area (Å²) in [7, 11) is 0. The van der Waals surface area contributed by atoms with Gasteiger partial charge in [-0.1, -0.05) is 6.92 Å². The molecule has 4 unspecified atom stereocenters. The van der Waals surface area contributed by atoms with Crippen LogP contribution >= 0.6 is 12.2 Å². The number of hydrogen-bond acceptors (Lipinski definition) is 5. The van der Waals surface area contributed by atoms with Crippen LogP contribution in [0, 0.1) is 4.77 Å². The van der Waals surface area contributed by atoms with Crippen molar-refractivity contribution in [2.45, 2.75) is 44.3 Å². The highest BCUT2D eigenvalue weighted by atomic mass is 32.1. The van der Waals surface area contributed by atoms with E-state index in [-0.39, 0.29) is 10.3 Å². The smallest absolute Gasteiger partial charge is 0.251 e. The summed E-state index contributed by atoms with van der Waals surface area (Å²) in [6.07, 6.45) is -0.253. The summed E-state index contributed by atoms with van der Waals surface area (Å²) in [5.41, 5.74) is -1.78. The van der Waals surface area contributed by atoms with Crippen molar-refractivity contribution in [3.05, 3.63) is 27.4 Å². The lowest BCUT2D eigenvalue weighted by Crippen LogP contribution is -2.43. The van der Waals surface area contributed by atoms with Crippen LogP contribution in [0.4, 0.5) is 0 Å². The van der Waals surface area contributed by atoms with Crippen molar-refractivity contribution in [2.24, 2.45) is 0 Å². The summed E-state index contributed by atoms with van der Waals surface area (Å²) in [4.78, 5) is 13.6. The van der Waals surface area contributed by atoms with Crippen molar-refractivity contribution >= 4 is 12.2 Å². The average molecular weight is 272 g/mol. The number of ether oxygens (including phenoxy) is 1. The lowest BCUT2D eigenvalue weighted by atomic mass is 9.95. The van der Waals surface area contributed by atoms with Crippen LogP contribution < -0.4 is 5.56 Å². The van der Waals surface area contributed by atoms with Crippen LogP contribution in [0.3, 0.4) is 0 Å². The zero-order valence-corrected chi connectivity index (χ0v) is 11.0. The van der Waals surface area contributed by atoms with Gasteiger partial charge < -0.3 is 14.9 Å². The molecule has 18 heavy (non-hydrogen) atoms. The summed E-state index contributed by atoms with van der Waals surface area (Å²) in [6, 6.07) is 1.29. The molecule has 3 N–H and O–H groups in total. The topological polar surface area (TPSA) is 87.5 Å². The molecule has 7 heteroatoms. The van der Waals surface area contributed by atoms with Crippen molar-refractivity contribution in [1.29, 1.82) is 0 Å². The Morgan fingerprint density at radius 3 is 2.83 bits per heavy atom. The highest BCUT2D eigenvalue weighted by Gasteiger charge is 2.52. The number of nitrogens with one attached hydrogen (secondary N) is 1. The molecule has 1 aromatic rings. The zero-order valence-electron chi connectivity index (χ0n) is 10.2. The largest absolute Gasteiger partial charge is 0.387 e. The van der Waals surface area contributed by atoms with E-state index >= 15 is 0 Å². The predicted octanol–water partition coefficient (Wildman–Crippen LogP) is 0.325. The van der Waals surface area contributed by atoms with Crippen molar-refractivity contribution in [2.75, 3.05) is 0 Å². The summed E-state index contributed by atoms with van der Waals surface area (Å²) in [5.74, 6) is 0. The molecule has 1 aromatic heterocycles. The molecular weight excluding hydrogens is 256 g/mol. The fourth-order valence-electron chi connectivity index (χ4n) is 2.18. The van der Waals surface area contributed by atoms with Crippen LogP contribution in [0.25, 0.3) is 0 Å². The highest BCUT2D eigenvalue weighted by Crippen LogP contribution is 2.38. The third-order valence-corrected chi connectivity index (χ3v) is 3.57. The van der Waals surface area contributed by atoms with E-state index in [0.717, 1.165) is 0 Å². The number of rotatable bonds is 2. The van der Waals surface area contributed by atoms with Gasteiger partial charge >= 0.3 is 0 Å². The van der Waals surface area contributed by atoms with Gasteiger partial charge in [0.2, 0.25) is 0 Å². The molecular formula is C11H16N2O4S. The van der Waals surface area contributed by atoms with Gasteiger partial charge in [-0.25, -0.2) is 0 Å². The minimum absolute atomic E-state index is 0.150. The van der Waals surface area contributed by atoms with Crippen LogP contribution in [0.2, 0.25) is 0 Å². The lowest BCUT2D eigenvalue weighted by molar-refractivity contribution is -0.0967. The molecule has 0 aromatic carbocycles. The maximum atomic E-state index is 11.1. The van der Waals surface area contributed by atoms with Crippen molar-refractivity contribution in [1.82, 2.24) is 9.55 Å². The van der Waals surface area contributed by atoms with Crippen LogP contribution in [0.5, 0.6) is 0 Å². The van der Waals surface area contributed by atoms with Crippen LogP contribution in [0.15, 0.2) is 17.1 Å². The Kier molecular flexibility index (Phi) is 3.41. The highest BCUT2D eigenvalue weighted by molar-refractivity contribution is 7.71. The number of hydrogen-bond donors (Lipinski definition) is 3. The first kappa shape index (κ1) is 13.4. The first-order valence-corrected chi connectivity index (χ1v) is 6.16. The van der Waals surface area contributed by atoms with Gasteiger partial charge in [0, 0.05) is 12.3 Å². The van der Waals surface area contributed by atoms with E-state index in [1.54, 1.807) is 0 Å². The minimum atomic E-state index is -1.46. The Balaban J connectivity index is 2.45. The van der Waals surface area contributed by atoms with E-state index in [2.05, 4.69) is 4.98 Å². The van der Waals surface area contributed by atoms with Crippen molar-refractivity contribution in [3.63, 3.8) is 0 Å². The molecule has 0 aliphatic carbocycles. The molecule has 1 aliphatic rings. The maximum Gasteiger partial charge on any atom is 0.251 e. The van der Waals surface area contributed by atoms with E-state index in [9.17, 15) is 15.0 Å². The number of aliphatic hydroxyl groups excluding tert-OH is 1. The average Bonchev–Trinajstić information content (AvgIpc) is 2.52. The third kappa shape index (κ3) is 2.03. The van der Waals surface area contributed by atoms with Crippen molar-refractivity contribution in [3.8, 4) is 0 Å². The maximum absolute atomic E-state index is 11.1. The molecule has 0 bridgehead atoms. The van der Waals surface area contributed by atoms with Gasteiger partial charge in [-0.15, -0.1) is 0 Å². The number of aromatic amines is 1. The molecule has 0 radical (unpaired) electrons. The number of aliphatic hydroxyl groups is 2. The molecule has 2 rings (SSSR count). The van der Waals surface area contributed by atoms with Gasteiger partial charge in [-0.05, 0) is 25.6 Å². The molecule has 1 fully saturated rings. The van der Waals surface area contributed by atoms with Gasteiger partial charge in [0.25, 0.3) is 5.56 Å². The standard InChI is InChI=1S/C11H16N2O4S/c1-3-6-8(15)11(2,16)9(17-6)13-5-4-7(14)12-10(13)18/h4-6,8-9,15-16H,3H2,1-2H3,(H,12,14,18). The summed E-state index contributed by atoms with van der Waals surface area (Å²) in [6.45, 7) is 3.35.